The molecule has 4 aromatic rings. The smallest absolute Gasteiger partial charge is 0.323 e. The van der Waals surface area contributed by atoms with E-state index in [-0.39, 0.29) is 16.7 Å². The number of hydrogen-bond acceptors (Lipinski definition) is 6. The van der Waals surface area contributed by atoms with Gasteiger partial charge < -0.3 is 20.1 Å². The monoisotopic (exact) mass is 625 g/mol. The Morgan fingerprint density at radius 3 is 2.54 bits per heavy atom. The molecule has 3 heterocycles. The van der Waals surface area contributed by atoms with E-state index in [0.29, 0.717) is 23.5 Å². The van der Waals surface area contributed by atoms with Crippen LogP contribution in [-0.4, -0.2) is 53.9 Å². The van der Waals surface area contributed by atoms with Crippen molar-refractivity contribution in [2.75, 3.05) is 44.0 Å². The van der Waals surface area contributed by atoms with Crippen molar-refractivity contribution in [3.05, 3.63) is 82.3 Å². The summed E-state index contributed by atoms with van der Waals surface area (Å²) in [6.45, 7) is 13.0. The number of ether oxygens (including phenoxy) is 2. The number of morpholine rings is 1. The normalized spacial score (nSPS) is 13.9. The molecule has 0 aliphatic carbocycles. The standard InChI is InChI=1S/C37H47N5O4/c1-6-7-8-9-18-42-34-29(14-11-17-38-34)32(27-12-10-13-28(24-27)45-5)33(35(42)43)40-36(44)39-31-23-26(15-16-30(31)37(2,3)4)25-41-19-21-46-22-20-41/h10-17,23-24H,6-9,18-22,25H2,1-5H3,(H2,39,40,44). The number of carbonyl (C=O) groups excluding carboxylic acids is 1. The molecule has 1 fully saturated rings. The minimum absolute atomic E-state index is 0.212. The van der Waals surface area contributed by atoms with E-state index in [4.69, 9.17) is 9.47 Å². The van der Waals surface area contributed by atoms with Crippen LogP contribution < -0.4 is 20.9 Å². The highest BCUT2D eigenvalue weighted by Crippen LogP contribution is 2.35. The van der Waals surface area contributed by atoms with Crippen LogP contribution in [-0.2, 0) is 23.2 Å². The molecular weight excluding hydrogens is 578 g/mol. The number of rotatable bonds is 11. The van der Waals surface area contributed by atoms with Crippen LogP contribution in [0.25, 0.3) is 22.2 Å². The van der Waals surface area contributed by atoms with Crippen molar-refractivity contribution in [2.24, 2.45) is 0 Å². The second-order valence-corrected chi connectivity index (χ2v) is 13.0. The van der Waals surface area contributed by atoms with Crippen LogP contribution in [0.3, 0.4) is 0 Å². The van der Waals surface area contributed by atoms with Gasteiger partial charge in [-0.2, -0.15) is 0 Å². The van der Waals surface area contributed by atoms with Crippen LogP contribution in [0.4, 0.5) is 16.2 Å². The van der Waals surface area contributed by atoms with Crippen LogP contribution >= 0.6 is 0 Å². The van der Waals surface area contributed by atoms with Crippen LogP contribution in [0.1, 0.15) is 64.5 Å². The Labute approximate surface area is 271 Å². The predicted molar refractivity (Wildman–Crippen MR) is 186 cm³/mol. The van der Waals surface area contributed by atoms with Crippen LogP contribution in [0.5, 0.6) is 5.75 Å². The number of nitrogens with one attached hydrogen (secondary N) is 2. The Morgan fingerprint density at radius 1 is 1.00 bits per heavy atom. The van der Waals surface area contributed by atoms with E-state index < -0.39 is 6.03 Å². The summed E-state index contributed by atoms with van der Waals surface area (Å²) in [5, 5.41) is 6.90. The van der Waals surface area contributed by atoms with Gasteiger partial charge in [-0.3, -0.25) is 14.3 Å². The van der Waals surface area contributed by atoms with Gasteiger partial charge in [-0.05, 0) is 58.9 Å². The number of methoxy groups -OCH3 is 1. The summed E-state index contributed by atoms with van der Waals surface area (Å²) in [4.78, 5) is 35.2. The average molecular weight is 626 g/mol. The fourth-order valence-corrected chi connectivity index (χ4v) is 6.11. The zero-order valence-corrected chi connectivity index (χ0v) is 27.8. The first-order valence-corrected chi connectivity index (χ1v) is 16.4. The second-order valence-electron chi connectivity index (χ2n) is 13.0. The van der Waals surface area contributed by atoms with E-state index in [1.54, 1.807) is 17.9 Å². The molecule has 244 valence electrons. The fraction of sp³-hybridized carbons (Fsp3) is 0.432. The number of carbonyl (C=O) groups is 1. The number of unbranched alkanes of at least 4 members (excludes halogenated alkanes) is 3. The molecule has 1 saturated heterocycles. The molecule has 0 spiro atoms. The highest BCUT2D eigenvalue weighted by molar-refractivity contribution is 6.07. The number of anilines is 2. The van der Waals surface area contributed by atoms with Gasteiger partial charge in [0.25, 0.3) is 5.56 Å². The number of nitrogens with zero attached hydrogens (tertiary/aromatic N) is 3. The third kappa shape index (κ3) is 7.77. The van der Waals surface area contributed by atoms with Gasteiger partial charge in [0.2, 0.25) is 0 Å². The van der Waals surface area contributed by atoms with Gasteiger partial charge in [-0.25, -0.2) is 9.78 Å². The number of urea groups is 1. The molecular formula is C37H47N5O4. The van der Waals surface area contributed by atoms with Gasteiger partial charge in [0.15, 0.2) is 0 Å². The summed E-state index contributed by atoms with van der Waals surface area (Å²) >= 11 is 0. The van der Waals surface area contributed by atoms with E-state index in [1.807, 2.05) is 36.4 Å². The maximum atomic E-state index is 14.3. The largest absolute Gasteiger partial charge is 0.497 e. The molecule has 9 heteroatoms. The van der Waals surface area contributed by atoms with Crippen molar-refractivity contribution in [3.63, 3.8) is 0 Å². The van der Waals surface area contributed by atoms with Crippen molar-refractivity contribution >= 4 is 28.4 Å². The molecule has 5 rings (SSSR count). The molecule has 0 saturated carbocycles. The molecule has 1 aliphatic heterocycles. The minimum Gasteiger partial charge on any atom is -0.497 e. The molecule has 46 heavy (non-hydrogen) atoms. The fourth-order valence-electron chi connectivity index (χ4n) is 6.11. The lowest BCUT2D eigenvalue weighted by atomic mass is 9.85. The molecule has 0 bridgehead atoms. The Bertz CT molecular complexity index is 1720. The lowest BCUT2D eigenvalue weighted by Crippen LogP contribution is -2.35. The molecule has 2 aromatic carbocycles. The predicted octanol–water partition coefficient (Wildman–Crippen LogP) is 7.43. The van der Waals surface area contributed by atoms with Gasteiger partial charge in [0.05, 0.1) is 20.3 Å². The van der Waals surface area contributed by atoms with Crippen molar-refractivity contribution < 1.29 is 14.3 Å². The maximum Gasteiger partial charge on any atom is 0.323 e. The molecule has 0 radical (unpaired) electrons. The summed E-state index contributed by atoms with van der Waals surface area (Å²) in [6, 6.07) is 17.2. The zero-order valence-electron chi connectivity index (χ0n) is 27.8. The van der Waals surface area contributed by atoms with Gasteiger partial charge >= 0.3 is 6.03 Å². The van der Waals surface area contributed by atoms with E-state index in [1.165, 1.54) is 0 Å². The van der Waals surface area contributed by atoms with Crippen molar-refractivity contribution in [3.8, 4) is 16.9 Å². The molecule has 1 aliphatic rings. The summed E-state index contributed by atoms with van der Waals surface area (Å²) in [6.07, 6.45) is 5.75. The van der Waals surface area contributed by atoms with Crippen LogP contribution in [0, 0.1) is 0 Å². The van der Waals surface area contributed by atoms with Crippen LogP contribution in [0.2, 0.25) is 0 Å². The van der Waals surface area contributed by atoms with Gasteiger partial charge in [0.1, 0.15) is 17.1 Å². The summed E-state index contributed by atoms with van der Waals surface area (Å²) in [7, 11) is 1.61. The van der Waals surface area contributed by atoms with Gasteiger partial charge in [-0.15, -0.1) is 0 Å². The van der Waals surface area contributed by atoms with E-state index in [2.05, 4.69) is 66.4 Å². The SMILES string of the molecule is CCCCCCn1c(=O)c(NC(=O)Nc2cc(CN3CCOCC3)ccc2C(C)(C)C)c(-c2cccc(OC)c2)c2cccnc21. The molecule has 9 nitrogen and oxygen atoms in total. The summed E-state index contributed by atoms with van der Waals surface area (Å²) in [5.41, 5.74) is 4.52. The highest BCUT2D eigenvalue weighted by Gasteiger charge is 2.24. The molecule has 0 unspecified atom stereocenters. The number of hydrogen-bond donors (Lipinski definition) is 2. The van der Waals surface area contributed by atoms with Crippen molar-refractivity contribution in [1.29, 1.82) is 0 Å². The first-order valence-electron chi connectivity index (χ1n) is 16.4. The molecule has 2 N–H and O–H groups in total. The van der Waals surface area contributed by atoms with Gasteiger partial charge in [0, 0.05) is 49.0 Å². The van der Waals surface area contributed by atoms with E-state index in [9.17, 15) is 9.59 Å². The zero-order chi connectivity index (χ0) is 32.7. The Hall–Kier alpha value is -4.21. The Balaban J connectivity index is 1.56. The lowest BCUT2D eigenvalue weighted by molar-refractivity contribution is 0.0342. The summed E-state index contributed by atoms with van der Waals surface area (Å²) < 4.78 is 12.7. The molecule has 0 atom stereocenters. The first-order chi connectivity index (χ1) is 22.2. The molecule has 2 aromatic heterocycles. The second kappa shape index (κ2) is 14.9. The molecule has 2 amide bonds. The number of aryl methyl sites for hydroxylation is 1. The third-order valence-electron chi connectivity index (χ3n) is 8.50. The van der Waals surface area contributed by atoms with Crippen LogP contribution in [0.15, 0.2) is 65.6 Å². The Morgan fingerprint density at radius 2 is 1.80 bits per heavy atom. The lowest BCUT2D eigenvalue weighted by Gasteiger charge is -2.28. The number of aromatic nitrogens is 2. The third-order valence-corrected chi connectivity index (χ3v) is 8.50. The highest BCUT2D eigenvalue weighted by atomic mass is 16.5. The van der Waals surface area contributed by atoms with Gasteiger partial charge in [-0.1, -0.05) is 71.2 Å². The van der Waals surface area contributed by atoms with E-state index >= 15 is 0 Å². The number of amides is 2. The quantitative estimate of drug-likeness (QED) is 0.168. The topological polar surface area (TPSA) is 97.7 Å². The first kappa shape index (κ1) is 33.2. The average Bonchev–Trinajstić information content (AvgIpc) is 3.04. The number of benzene rings is 2. The maximum absolute atomic E-state index is 14.3. The number of pyridine rings is 2. The van der Waals surface area contributed by atoms with Crippen molar-refractivity contribution in [1.82, 2.24) is 14.5 Å². The minimum atomic E-state index is -0.476. The summed E-state index contributed by atoms with van der Waals surface area (Å²) in [5.74, 6) is 0.653. The van der Waals surface area contributed by atoms with E-state index in [0.717, 1.165) is 86.3 Å². The number of fused-ring (bicyclic) bond motifs is 1. The van der Waals surface area contributed by atoms with Crippen molar-refractivity contribution in [2.45, 2.75) is 71.9 Å². The Kier molecular flexibility index (Phi) is 10.8.